The molecule has 7 heteroatoms. The Bertz CT molecular complexity index is 849. The Balaban J connectivity index is 1.34. The molecule has 1 N–H and O–H groups in total. The molecule has 0 aromatic carbocycles. The van der Waals surface area contributed by atoms with Gasteiger partial charge in [-0.1, -0.05) is 25.7 Å². The highest BCUT2D eigenvalue weighted by molar-refractivity contribution is 6.03. The number of anilines is 1. The Morgan fingerprint density at radius 2 is 1.96 bits per heavy atom. The normalized spacial score (nSPS) is 16.6. The van der Waals surface area contributed by atoms with E-state index in [1.54, 1.807) is 30.7 Å². The van der Waals surface area contributed by atoms with Gasteiger partial charge >= 0.3 is 0 Å². The largest absolute Gasteiger partial charge is 0.338 e. The molecule has 0 spiro atoms. The van der Waals surface area contributed by atoms with Gasteiger partial charge in [-0.3, -0.25) is 19.9 Å². The average Bonchev–Trinajstić information content (AvgIpc) is 3.26. The minimum Gasteiger partial charge on any atom is -0.338 e. The third kappa shape index (κ3) is 4.35. The van der Waals surface area contributed by atoms with E-state index in [1.165, 1.54) is 25.7 Å². The minimum atomic E-state index is -0.262. The van der Waals surface area contributed by atoms with Crippen LogP contribution in [0, 0.1) is 5.92 Å². The molecule has 2 aromatic rings. The monoisotopic (exact) mass is 379 g/mol. The number of hydrogen-bond acceptors (Lipinski definition) is 5. The van der Waals surface area contributed by atoms with E-state index >= 15 is 0 Å². The molecule has 1 saturated carbocycles. The van der Waals surface area contributed by atoms with Crippen LogP contribution in [-0.2, 0) is 17.8 Å². The maximum Gasteiger partial charge on any atom is 0.258 e. The van der Waals surface area contributed by atoms with E-state index in [0.29, 0.717) is 37.4 Å². The minimum absolute atomic E-state index is 0.229. The van der Waals surface area contributed by atoms with Gasteiger partial charge in [0.05, 0.1) is 5.69 Å². The van der Waals surface area contributed by atoms with E-state index in [4.69, 9.17) is 0 Å². The molecule has 0 saturated heterocycles. The van der Waals surface area contributed by atoms with Gasteiger partial charge in [-0.05, 0) is 24.5 Å². The molecule has 0 radical (unpaired) electrons. The molecule has 3 heterocycles. The van der Waals surface area contributed by atoms with Crippen LogP contribution in [0.2, 0.25) is 0 Å². The fourth-order valence-corrected chi connectivity index (χ4v) is 4.05. The van der Waals surface area contributed by atoms with Crippen molar-refractivity contribution in [2.24, 2.45) is 5.92 Å². The Morgan fingerprint density at radius 3 is 2.75 bits per heavy atom. The second kappa shape index (κ2) is 8.46. The fourth-order valence-electron chi connectivity index (χ4n) is 4.05. The van der Waals surface area contributed by atoms with Crippen molar-refractivity contribution in [2.45, 2.75) is 51.5 Å². The van der Waals surface area contributed by atoms with E-state index in [-0.39, 0.29) is 11.8 Å². The number of nitrogens with zero attached hydrogens (tertiary/aromatic N) is 4. The number of aromatic nitrogens is 3. The molecule has 0 atom stereocenters. The fraction of sp³-hybridized carbons (Fsp3) is 0.476. The van der Waals surface area contributed by atoms with Crippen LogP contribution in [0.15, 0.2) is 30.7 Å². The van der Waals surface area contributed by atoms with E-state index in [9.17, 15) is 9.59 Å². The summed E-state index contributed by atoms with van der Waals surface area (Å²) in [6, 6.07) is 3.28. The van der Waals surface area contributed by atoms with Gasteiger partial charge in [-0.15, -0.1) is 0 Å². The van der Waals surface area contributed by atoms with Gasteiger partial charge in [0.2, 0.25) is 11.9 Å². The molecular formula is C21H25N5O2. The first kappa shape index (κ1) is 18.5. The summed E-state index contributed by atoms with van der Waals surface area (Å²) >= 11 is 0. The first-order valence-electron chi connectivity index (χ1n) is 10.0. The van der Waals surface area contributed by atoms with Gasteiger partial charge < -0.3 is 4.90 Å². The van der Waals surface area contributed by atoms with Crippen molar-refractivity contribution >= 4 is 17.8 Å². The zero-order valence-corrected chi connectivity index (χ0v) is 15.9. The van der Waals surface area contributed by atoms with Crippen LogP contribution < -0.4 is 5.32 Å². The maximum atomic E-state index is 12.6. The van der Waals surface area contributed by atoms with Gasteiger partial charge in [0.1, 0.15) is 0 Å². The molecule has 1 fully saturated rings. The Hall–Kier alpha value is -2.83. The van der Waals surface area contributed by atoms with Crippen molar-refractivity contribution in [3.63, 3.8) is 0 Å². The summed E-state index contributed by atoms with van der Waals surface area (Å²) in [5, 5.41) is 2.72. The summed E-state index contributed by atoms with van der Waals surface area (Å²) in [4.78, 5) is 39.4. The molecule has 0 unspecified atom stereocenters. The molecule has 2 aromatic heterocycles. The van der Waals surface area contributed by atoms with E-state index in [1.807, 2.05) is 4.90 Å². The summed E-state index contributed by atoms with van der Waals surface area (Å²) in [5.74, 6) is 0.993. The van der Waals surface area contributed by atoms with E-state index < -0.39 is 0 Å². The first-order valence-corrected chi connectivity index (χ1v) is 10.0. The van der Waals surface area contributed by atoms with Gasteiger partial charge in [-0.2, -0.15) is 0 Å². The highest BCUT2D eigenvalue weighted by Crippen LogP contribution is 2.29. The van der Waals surface area contributed by atoms with Crippen LogP contribution in [0.1, 0.15) is 60.1 Å². The van der Waals surface area contributed by atoms with Crippen LogP contribution in [0.25, 0.3) is 0 Å². The summed E-state index contributed by atoms with van der Waals surface area (Å²) in [6.45, 7) is 1.22. The Labute approximate surface area is 164 Å². The third-order valence-corrected chi connectivity index (χ3v) is 5.70. The van der Waals surface area contributed by atoms with Crippen molar-refractivity contribution < 1.29 is 9.59 Å². The zero-order valence-electron chi connectivity index (χ0n) is 15.9. The number of amides is 2. The lowest BCUT2D eigenvalue weighted by molar-refractivity contribution is -0.132. The van der Waals surface area contributed by atoms with Crippen molar-refractivity contribution in [3.8, 4) is 0 Å². The lowest BCUT2D eigenvalue weighted by Crippen LogP contribution is -2.36. The molecule has 2 amide bonds. The number of carbonyl (C=O) groups is 2. The molecule has 7 nitrogen and oxygen atoms in total. The second-order valence-electron chi connectivity index (χ2n) is 7.61. The number of carbonyl (C=O) groups excluding carboxylic acids is 2. The van der Waals surface area contributed by atoms with Gasteiger partial charge in [0.15, 0.2) is 0 Å². The first-order chi connectivity index (χ1) is 13.7. The predicted molar refractivity (Wildman–Crippen MR) is 105 cm³/mol. The molecule has 28 heavy (non-hydrogen) atoms. The van der Waals surface area contributed by atoms with Gasteiger partial charge in [0.25, 0.3) is 5.91 Å². The quantitative estimate of drug-likeness (QED) is 0.863. The molecule has 4 rings (SSSR count). The highest BCUT2D eigenvalue weighted by atomic mass is 16.2. The Kier molecular flexibility index (Phi) is 5.60. The molecular weight excluding hydrogens is 354 g/mol. The lowest BCUT2D eigenvalue weighted by atomic mass is 10.0. The van der Waals surface area contributed by atoms with Crippen LogP contribution in [-0.4, -0.2) is 38.2 Å². The molecule has 2 aliphatic rings. The molecule has 1 aliphatic carbocycles. The summed E-state index contributed by atoms with van der Waals surface area (Å²) in [6.07, 6.45) is 12.4. The smallest absolute Gasteiger partial charge is 0.258 e. The number of rotatable bonds is 5. The lowest BCUT2D eigenvalue weighted by Gasteiger charge is -2.28. The van der Waals surface area contributed by atoms with Crippen molar-refractivity contribution in [1.82, 2.24) is 19.9 Å². The third-order valence-electron chi connectivity index (χ3n) is 5.70. The van der Waals surface area contributed by atoms with Crippen LogP contribution in [0.5, 0.6) is 0 Å². The van der Waals surface area contributed by atoms with Crippen LogP contribution in [0.4, 0.5) is 5.95 Å². The summed E-state index contributed by atoms with van der Waals surface area (Å²) in [5.41, 5.74) is 2.37. The maximum absolute atomic E-state index is 12.6. The number of hydrogen-bond donors (Lipinski definition) is 1. The van der Waals surface area contributed by atoms with Gasteiger partial charge in [-0.25, -0.2) is 9.97 Å². The molecule has 146 valence electrons. The summed E-state index contributed by atoms with van der Waals surface area (Å²) < 4.78 is 0. The predicted octanol–water partition coefficient (Wildman–Crippen LogP) is 2.98. The van der Waals surface area contributed by atoms with Crippen molar-refractivity contribution in [1.29, 1.82) is 0 Å². The molecule has 0 bridgehead atoms. The number of nitrogens with one attached hydrogen (secondary N) is 1. The SMILES string of the molecule is O=C(Nc1ncc2c(n1)CCN(C(=O)CCC1CCCC1)C2)c1ccncc1. The van der Waals surface area contributed by atoms with Crippen LogP contribution >= 0.6 is 0 Å². The highest BCUT2D eigenvalue weighted by Gasteiger charge is 2.24. The van der Waals surface area contributed by atoms with E-state index in [2.05, 4.69) is 20.3 Å². The van der Waals surface area contributed by atoms with Crippen LogP contribution in [0.3, 0.4) is 0 Å². The van der Waals surface area contributed by atoms with Crippen molar-refractivity contribution in [3.05, 3.63) is 47.5 Å². The average molecular weight is 379 g/mol. The zero-order chi connectivity index (χ0) is 19.3. The second-order valence-corrected chi connectivity index (χ2v) is 7.61. The number of fused-ring (bicyclic) bond motifs is 1. The molecule has 1 aliphatic heterocycles. The number of pyridine rings is 1. The standard InChI is InChI=1S/C21H25N5O2/c27-19(6-5-15-3-1-2-4-15)26-12-9-18-17(14-26)13-23-21(24-18)25-20(28)16-7-10-22-11-8-16/h7-8,10-11,13,15H,1-6,9,12,14H2,(H,23,24,25,28). The summed E-state index contributed by atoms with van der Waals surface area (Å²) in [7, 11) is 0. The van der Waals surface area contributed by atoms with E-state index in [0.717, 1.165) is 23.6 Å². The topological polar surface area (TPSA) is 88.1 Å². The Morgan fingerprint density at radius 1 is 1.18 bits per heavy atom. The van der Waals surface area contributed by atoms with Crippen molar-refractivity contribution in [2.75, 3.05) is 11.9 Å². The van der Waals surface area contributed by atoms with Gasteiger partial charge in [0, 0.05) is 55.6 Å².